The average Bonchev–Trinajstić information content (AvgIpc) is 3.51. The Morgan fingerprint density at radius 1 is 1.20 bits per heavy atom. The van der Waals surface area contributed by atoms with Gasteiger partial charge in [0.15, 0.2) is 0 Å². The second-order valence-corrected chi connectivity index (χ2v) is 13.9. The van der Waals surface area contributed by atoms with Crippen LogP contribution in [-0.2, 0) is 14.4 Å². The molecule has 9 heteroatoms. The summed E-state index contributed by atoms with van der Waals surface area (Å²) in [6.45, 7) is 15.5. The van der Waals surface area contributed by atoms with Gasteiger partial charge in [0.05, 0.1) is 16.6 Å². The number of alkyl halides is 1. The molecular weight excluding hydrogens is 590 g/mol. The van der Waals surface area contributed by atoms with Crippen molar-refractivity contribution in [2.45, 2.75) is 67.3 Å². The zero-order chi connectivity index (χ0) is 29.2. The van der Waals surface area contributed by atoms with E-state index in [0.717, 1.165) is 23.2 Å². The van der Waals surface area contributed by atoms with E-state index in [4.69, 9.17) is 0 Å². The Hall–Kier alpha value is -2.10. The van der Waals surface area contributed by atoms with Gasteiger partial charge in [-0.2, -0.15) is 0 Å². The summed E-state index contributed by atoms with van der Waals surface area (Å²) in [5.41, 5.74) is 2.83. The molecule has 3 fully saturated rings. The molecule has 3 heterocycles. The van der Waals surface area contributed by atoms with Crippen LogP contribution in [-0.4, -0.2) is 86.3 Å². The molecule has 4 rings (SSSR count). The zero-order valence-electron chi connectivity index (χ0n) is 23.9. The fourth-order valence-electron chi connectivity index (χ4n) is 6.85. The van der Waals surface area contributed by atoms with Gasteiger partial charge < -0.3 is 19.8 Å². The lowest BCUT2D eigenvalue weighted by Gasteiger charge is -2.38. The van der Waals surface area contributed by atoms with Gasteiger partial charge in [-0.3, -0.25) is 14.4 Å². The minimum absolute atomic E-state index is 0.0176. The number of likely N-dealkylation sites (tertiary alicyclic amines) is 1. The van der Waals surface area contributed by atoms with Crippen molar-refractivity contribution in [2.24, 2.45) is 11.8 Å². The van der Waals surface area contributed by atoms with Gasteiger partial charge in [-0.1, -0.05) is 47.1 Å². The fourth-order valence-corrected chi connectivity index (χ4v) is 10.4. The molecule has 0 aliphatic carbocycles. The summed E-state index contributed by atoms with van der Waals surface area (Å²) in [7, 11) is 0. The molecule has 3 amide bonds. The molecular formula is C31H42BrN3O4S. The van der Waals surface area contributed by atoms with Crippen LogP contribution in [0.15, 0.2) is 43.5 Å². The van der Waals surface area contributed by atoms with E-state index in [1.54, 1.807) is 33.7 Å². The second kappa shape index (κ2) is 12.8. The molecule has 1 aromatic carbocycles. The Kier molecular flexibility index (Phi) is 9.89. The van der Waals surface area contributed by atoms with Gasteiger partial charge in [0.25, 0.3) is 5.91 Å². The third-order valence-corrected chi connectivity index (χ3v) is 11.7. The first-order valence-corrected chi connectivity index (χ1v) is 16.1. The molecule has 1 N–H and O–H groups in total. The number of amides is 3. The number of hydrogen-bond acceptors (Lipinski definition) is 5. The van der Waals surface area contributed by atoms with Gasteiger partial charge in [-0.15, -0.1) is 24.9 Å². The second-order valence-electron chi connectivity index (χ2n) is 11.2. The highest BCUT2D eigenvalue weighted by Gasteiger charge is 2.76. The lowest BCUT2D eigenvalue weighted by Crippen LogP contribution is -2.56. The van der Waals surface area contributed by atoms with E-state index < -0.39 is 22.6 Å². The number of carbonyl (C=O) groups is 3. The van der Waals surface area contributed by atoms with Crippen molar-refractivity contribution in [3.05, 3.63) is 54.6 Å². The maximum atomic E-state index is 14.7. The molecule has 1 aromatic rings. The molecule has 6 atom stereocenters. The van der Waals surface area contributed by atoms with E-state index in [2.05, 4.69) is 29.1 Å². The van der Waals surface area contributed by atoms with Crippen LogP contribution >= 0.6 is 27.7 Å². The minimum Gasteiger partial charge on any atom is -0.396 e. The zero-order valence-corrected chi connectivity index (χ0v) is 26.3. The van der Waals surface area contributed by atoms with Crippen molar-refractivity contribution in [1.29, 1.82) is 0 Å². The summed E-state index contributed by atoms with van der Waals surface area (Å²) in [5.74, 6) is -1.34. The monoisotopic (exact) mass is 631 g/mol. The predicted octanol–water partition coefficient (Wildman–Crippen LogP) is 4.48. The van der Waals surface area contributed by atoms with E-state index in [9.17, 15) is 19.5 Å². The number of halogens is 1. The first-order chi connectivity index (χ1) is 19.2. The molecule has 0 saturated carbocycles. The van der Waals surface area contributed by atoms with Crippen LogP contribution in [0.1, 0.15) is 43.7 Å². The molecule has 3 unspecified atom stereocenters. The number of aliphatic hydroxyl groups is 1. The van der Waals surface area contributed by atoms with Crippen molar-refractivity contribution in [1.82, 2.24) is 9.80 Å². The standard InChI is InChI=1S/C31H42BrN3O4S/c1-6-13-33(14-7-2)28(37)24-25-29(38)35(16-9-10-17-36)27(31(25)19-22(32)26(24)40-31)30(39)34(15-8-3)23-18-20(4)11-12-21(23)5/h6,8,11-12,18,22,24-27,36H,1,3,7,9-10,13-17,19H2,2,4-5H3/t22?,24-,25+,26-,27?,31?/m1/s1. The quantitative estimate of drug-likeness (QED) is 0.197. The number of thioether (sulfide) groups is 1. The van der Waals surface area contributed by atoms with E-state index >= 15 is 0 Å². The predicted molar refractivity (Wildman–Crippen MR) is 166 cm³/mol. The van der Waals surface area contributed by atoms with Gasteiger partial charge in [0.1, 0.15) is 6.04 Å². The van der Waals surface area contributed by atoms with Crippen molar-refractivity contribution in [3.8, 4) is 0 Å². The van der Waals surface area contributed by atoms with Gasteiger partial charge >= 0.3 is 0 Å². The highest BCUT2D eigenvalue weighted by molar-refractivity contribution is 9.09. The molecule has 3 aliphatic rings. The number of unbranched alkanes of at least 4 members (excludes halogenated alkanes) is 1. The van der Waals surface area contributed by atoms with Crippen LogP contribution in [0.5, 0.6) is 0 Å². The number of aliphatic hydroxyl groups excluding tert-OH is 1. The Bertz CT molecular complexity index is 1160. The lowest BCUT2D eigenvalue weighted by atomic mass is 9.70. The number of aryl methyl sites for hydroxylation is 2. The van der Waals surface area contributed by atoms with E-state index in [0.29, 0.717) is 45.4 Å². The van der Waals surface area contributed by atoms with E-state index in [1.165, 1.54) is 0 Å². The summed E-state index contributed by atoms with van der Waals surface area (Å²) in [6.07, 6.45) is 6.03. The average molecular weight is 633 g/mol. The smallest absolute Gasteiger partial charge is 0.251 e. The van der Waals surface area contributed by atoms with Gasteiger partial charge in [0.2, 0.25) is 11.8 Å². The maximum absolute atomic E-state index is 14.7. The maximum Gasteiger partial charge on any atom is 0.251 e. The number of fused-ring (bicyclic) bond motifs is 1. The number of hydrogen-bond donors (Lipinski definition) is 1. The van der Waals surface area contributed by atoms with Gasteiger partial charge in [-0.05, 0) is 56.7 Å². The minimum atomic E-state index is -0.713. The number of carbonyl (C=O) groups excluding carboxylic acids is 3. The lowest BCUT2D eigenvalue weighted by molar-refractivity contribution is -0.143. The molecule has 218 valence electrons. The van der Waals surface area contributed by atoms with Crippen LogP contribution in [0, 0.1) is 25.7 Å². The Balaban J connectivity index is 1.80. The number of nitrogens with zero attached hydrogens (tertiary/aromatic N) is 3. The molecule has 1 spiro atoms. The number of benzene rings is 1. The molecule has 2 bridgehead atoms. The molecule has 40 heavy (non-hydrogen) atoms. The van der Waals surface area contributed by atoms with Crippen LogP contribution in [0.25, 0.3) is 0 Å². The van der Waals surface area contributed by atoms with Crippen molar-refractivity contribution < 1.29 is 19.5 Å². The number of rotatable bonds is 13. The molecule has 7 nitrogen and oxygen atoms in total. The van der Waals surface area contributed by atoms with Crippen LogP contribution in [0.3, 0.4) is 0 Å². The molecule has 3 aliphatic heterocycles. The summed E-state index contributed by atoms with van der Waals surface area (Å²) < 4.78 is -0.713. The highest BCUT2D eigenvalue weighted by atomic mass is 79.9. The normalized spacial score (nSPS) is 28.5. The SMILES string of the molecule is C=CCN(CCC)C(=O)[C@H]1[C@@H]2SC3(CC2Br)C(C(=O)N(CC=C)c2cc(C)ccc2C)N(CCCCO)C(=O)[C@H]13. The topological polar surface area (TPSA) is 81.2 Å². The van der Waals surface area contributed by atoms with E-state index in [1.807, 2.05) is 43.9 Å². The van der Waals surface area contributed by atoms with Crippen LogP contribution < -0.4 is 4.90 Å². The number of anilines is 1. The molecule has 3 saturated heterocycles. The fraction of sp³-hybridized carbons (Fsp3) is 0.581. The van der Waals surface area contributed by atoms with Crippen LogP contribution in [0.4, 0.5) is 5.69 Å². The summed E-state index contributed by atoms with van der Waals surface area (Å²) in [6, 6.07) is 5.33. The Morgan fingerprint density at radius 3 is 2.58 bits per heavy atom. The summed E-state index contributed by atoms with van der Waals surface area (Å²) in [5, 5.41) is 9.37. The van der Waals surface area contributed by atoms with E-state index in [-0.39, 0.29) is 34.4 Å². The van der Waals surface area contributed by atoms with Gasteiger partial charge in [0, 0.05) is 48.6 Å². The van der Waals surface area contributed by atoms with Crippen molar-refractivity contribution >= 4 is 51.1 Å². The summed E-state index contributed by atoms with van der Waals surface area (Å²) in [4.78, 5) is 48.4. The highest BCUT2D eigenvalue weighted by Crippen LogP contribution is 2.68. The first-order valence-electron chi connectivity index (χ1n) is 14.3. The first kappa shape index (κ1) is 30.8. The van der Waals surface area contributed by atoms with Crippen molar-refractivity contribution in [3.63, 3.8) is 0 Å². The van der Waals surface area contributed by atoms with Gasteiger partial charge in [-0.25, -0.2) is 0 Å². The van der Waals surface area contributed by atoms with Crippen LogP contribution in [0.2, 0.25) is 0 Å². The van der Waals surface area contributed by atoms with Crippen molar-refractivity contribution in [2.75, 3.05) is 37.7 Å². The largest absolute Gasteiger partial charge is 0.396 e. The third kappa shape index (κ3) is 5.29. The third-order valence-electron chi connectivity index (χ3n) is 8.50. The molecule has 0 radical (unpaired) electrons. The Labute approximate surface area is 251 Å². The Morgan fingerprint density at radius 2 is 1.93 bits per heavy atom. The molecule has 0 aromatic heterocycles. The summed E-state index contributed by atoms with van der Waals surface area (Å²) >= 11 is 5.52.